The molecule has 13 heavy (non-hydrogen) atoms. The Labute approximate surface area is 73.6 Å². The minimum Gasteiger partial charge on any atom is -0.383 e. The molecule has 0 aliphatic rings. The van der Waals surface area contributed by atoms with Crippen LogP contribution >= 0.6 is 0 Å². The fraction of sp³-hybridized carbons (Fsp3) is 0.250. The zero-order valence-electron chi connectivity index (χ0n) is 6.71. The highest BCUT2D eigenvalue weighted by molar-refractivity contribution is 5.84. The van der Waals surface area contributed by atoms with Crippen molar-refractivity contribution in [3.05, 3.63) is 23.9 Å². The Bertz CT molecular complexity index is 315. The summed E-state index contributed by atoms with van der Waals surface area (Å²) in [6.45, 7) is 0. The molecule has 3 nitrogen and oxygen atoms in total. The lowest BCUT2D eigenvalue weighted by atomic mass is 10.1. The SMILES string of the molecule is Nc1ncccc1CC(=O)C(F)F. The van der Waals surface area contributed by atoms with Gasteiger partial charge in [0.1, 0.15) is 5.82 Å². The van der Waals surface area contributed by atoms with Crippen LogP contribution in [0.15, 0.2) is 18.3 Å². The van der Waals surface area contributed by atoms with Crippen LogP contribution in [-0.2, 0) is 11.2 Å². The third-order valence-corrected chi connectivity index (χ3v) is 1.53. The maximum atomic E-state index is 11.8. The van der Waals surface area contributed by atoms with Crippen LogP contribution < -0.4 is 5.73 Å². The Morgan fingerprint density at radius 3 is 2.85 bits per heavy atom. The van der Waals surface area contributed by atoms with Gasteiger partial charge in [0.05, 0.1) is 0 Å². The summed E-state index contributed by atoms with van der Waals surface area (Å²) in [7, 11) is 0. The van der Waals surface area contributed by atoms with Crippen LogP contribution in [0.2, 0.25) is 0 Å². The summed E-state index contributed by atoms with van der Waals surface area (Å²) < 4.78 is 23.7. The van der Waals surface area contributed by atoms with E-state index in [1.165, 1.54) is 12.3 Å². The first-order chi connectivity index (χ1) is 6.11. The number of alkyl halides is 2. The summed E-state index contributed by atoms with van der Waals surface area (Å²) in [5, 5.41) is 0. The number of Topliss-reactive ketones (excluding diaryl/α,β-unsaturated/α-hetero) is 1. The number of pyridine rings is 1. The molecule has 0 aromatic carbocycles. The topological polar surface area (TPSA) is 56.0 Å². The molecule has 0 bridgehead atoms. The zero-order valence-corrected chi connectivity index (χ0v) is 6.71. The molecule has 1 heterocycles. The van der Waals surface area contributed by atoms with E-state index in [0.29, 0.717) is 5.56 Å². The van der Waals surface area contributed by atoms with Gasteiger partial charge in [-0.1, -0.05) is 6.07 Å². The highest BCUT2D eigenvalue weighted by Crippen LogP contribution is 2.10. The number of nitrogens with two attached hydrogens (primary N) is 1. The van der Waals surface area contributed by atoms with Crippen molar-refractivity contribution in [3.8, 4) is 0 Å². The normalized spacial score (nSPS) is 10.4. The van der Waals surface area contributed by atoms with E-state index in [0.717, 1.165) is 0 Å². The quantitative estimate of drug-likeness (QED) is 0.767. The molecular formula is C8H8F2N2O. The minimum absolute atomic E-state index is 0.122. The summed E-state index contributed by atoms with van der Waals surface area (Å²) in [5.74, 6) is -1.02. The van der Waals surface area contributed by atoms with Crippen molar-refractivity contribution < 1.29 is 13.6 Å². The molecule has 0 saturated carbocycles. The predicted molar refractivity (Wildman–Crippen MR) is 43.4 cm³/mol. The number of carbonyl (C=O) groups excluding carboxylic acids is 1. The van der Waals surface area contributed by atoms with Crippen LogP contribution in [0.25, 0.3) is 0 Å². The first kappa shape index (κ1) is 9.57. The van der Waals surface area contributed by atoms with Crippen molar-refractivity contribution in [2.24, 2.45) is 0 Å². The molecule has 0 spiro atoms. The van der Waals surface area contributed by atoms with Crippen LogP contribution in [0.5, 0.6) is 0 Å². The smallest absolute Gasteiger partial charge is 0.296 e. The van der Waals surface area contributed by atoms with Gasteiger partial charge in [-0.2, -0.15) is 0 Å². The number of nitrogens with zero attached hydrogens (tertiary/aromatic N) is 1. The van der Waals surface area contributed by atoms with Gasteiger partial charge >= 0.3 is 0 Å². The van der Waals surface area contributed by atoms with Gasteiger partial charge in [0.2, 0.25) is 5.78 Å². The largest absolute Gasteiger partial charge is 0.383 e. The van der Waals surface area contributed by atoms with E-state index in [1.54, 1.807) is 6.07 Å². The summed E-state index contributed by atoms with van der Waals surface area (Å²) in [6.07, 6.45) is -1.87. The summed E-state index contributed by atoms with van der Waals surface area (Å²) in [6, 6.07) is 3.05. The van der Waals surface area contributed by atoms with E-state index in [4.69, 9.17) is 5.73 Å². The van der Waals surface area contributed by atoms with Crippen LogP contribution in [0.1, 0.15) is 5.56 Å². The summed E-state index contributed by atoms with van der Waals surface area (Å²) in [5.41, 5.74) is 5.70. The van der Waals surface area contributed by atoms with Crippen molar-refractivity contribution in [1.82, 2.24) is 4.98 Å². The molecule has 0 radical (unpaired) electrons. The standard InChI is InChI=1S/C8H8F2N2O/c9-7(10)6(13)4-5-2-1-3-12-8(5)11/h1-3,7H,4H2,(H2,11,12). The first-order valence-electron chi connectivity index (χ1n) is 3.61. The van der Waals surface area contributed by atoms with E-state index in [9.17, 15) is 13.6 Å². The van der Waals surface area contributed by atoms with Gasteiger partial charge in [-0.15, -0.1) is 0 Å². The number of carbonyl (C=O) groups is 1. The summed E-state index contributed by atoms with van der Waals surface area (Å²) in [4.78, 5) is 14.3. The molecule has 1 aromatic rings. The van der Waals surface area contributed by atoms with E-state index < -0.39 is 12.2 Å². The molecule has 1 aromatic heterocycles. The van der Waals surface area contributed by atoms with Crippen LogP contribution in [0.4, 0.5) is 14.6 Å². The molecule has 0 unspecified atom stereocenters. The Morgan fingerprint density at radius 1 is 1.62 bits per heavy atom. The Morgan fingerprint density at radius 2 is 2.31 bits per heavy atom. The summed E-state index contributed by atoms with van der Waals surface area (Å²) >= 11 is 0. The van der Waals surface area contributed by atoms with Gasteiger partial charge in [0.15, 0.2) is 0 Å². The fourth-order valence-electron chi connectivity index (χ4n) is 0.865. The second-order valence-electron chi connectivity index (χ2n) is 2.49. The Balaban J connectivity index is 2.75. The average Bonchev–Trinajstić information content (AvgIpc) is 2.08. The number of ketones is 1. The van der Waals surface area contributed by atoms with Gasteiger partial charge in [-0.25, -0.2) is 13.8 Å². The highest BCUT2D eigenvalue weighted by Gasteiger charge is 2.16. The molecular weight excluding hydrogens is 178 g/mol. The maximum absolute atomic E-state index is 11.8. The molecule has 0 atom stereocenters. The van der Waals surface area contributed by atoms with E-state index >= 15 is 0 Å². The van der Waals surface area contributed by atoms with Crippen molar-refractivity contribution in [2.75, 3.05) is 5.73 Å². The molecule has 0 aliphatic heterocycles. The molecule has 2 N–H and O–H groups in total. The number of anilines is 1. The lowest BCUT2D eigenvalue weighted by molar-refractivity contribution is -0.128. The number of halogens is 2. The van der Waals surface area contributed by atoms with E-state index in [2.05, 4.69) is 4.98 Å². The maximum Gasteiger partial charge on any atom is 0.296 e. The molecule has 0 saturated heterocycles. The van der Waals surface area contributed by atoms with Gasteiger partial charge in [0.25, 0.3) is 6.43 Å². The Kier molecular flexibility index (Phi) is 2.89. The minimum atomic E-state index is -2.94. The van der Waals surface area contributed by atoms with Crippen LogP contribution in [0.3, 0.4) is 0 Å². The van der Waals surface area contributed by atoms with E-state index in [1.807, 2.05) is 0 Å². The molecule has 1 rings (SSSR count). The molecule has 0 amide bonds. The lowest BCUT2D eigenvalue weighted by Crippen LogP contribution is -2.14. The third kappa shape index (κ3) is 2.47. The number of hydrogen-bond acceptors (Lipinski definition) is 3. The first-order valence-corrected chi connectivity index (χ1v) is 3.61. The second kappa shape index (κ2) is 3.93. The Hall–Kier alpha value is -1.52. The molecule has 5 heteroatoms. The third-order valence-electron chi connectivity index (χ3n) is 1.53. The number of hydrogen-bond donors (Lipinski definition) is 1. The van der Waals surface area contributed by atoms with Gasteiger partial charge in [0, 0.05) is 18.2 Å². The highest BCUT2D eigenvalue weighted by atomic mass is 19.3. The van der Waals surface area contributed by atoms with Crippen LogP contribution in [-0.4, -0.2) is 17.2 Å². The zero-order chi connectivity index (χ0) is 9.84. The predicted octanol–water partition coefficient (Wildman–Crippen LogP) is 1.04. The number of rotatable bonds is 3. The van der Waals surface area contributed by atoms with Gasteiger partial charge in [-0.3, -0.25) is 4.79 Å². The van der Waals surface area contributed by atoms with Gasteiger partial charge in [-0.05, 0) is 6.07 Å². The molecule has 0 fully saturated rings. The van der Waals surface area contributed by atoms with Crippen molar-refractivity contribution in [3.63, 3.8) is 0 Å². The van der Waals surface area contributed by atoms with Crippen molar-refractivity contribution in [1.29, 1.82) is 0 Å². The number of aromatic nitrogens is 1. The lowest BCUT2D eigenvalue weighted by Gasteiger charge is -2.02. The molecule has 70 valence electrons. The number of nitrogen functional groups attached to an aromatic ring is 1. The second-order valence-corrected chi connectivity index (χ2v) is 2.49. The fourth-order valence-corrected chi connectivity index (χ4v) is 0.865. The van der Waals surface area contributed by atoms with Crippen molar-refractivity contribution in [2.45, 2.75) is 12.8 Å². The van der Waals surface area contributed by atoms with Gasteiger partial charge < -0.3 is 5.73 Å². The van der Waals surface area contributed by atoms with E-state index in [-0.39, 0.29) is 12.2 Å². The van der Waals surface area contributed by atoms with Crippen LogP contribution in [0, 0.1) is 0 Å². The van der Waals surface area contributed by atoms with Crippen molar-refractivity contribution >= 4 is 11.6 Å². The average molecular weight is 186 g/mol. The molecule has 0 aliphatic carbocycles. The monoisotopic (exact) mass is 186 g/mol.